The topological polar surface area (TPSA) is 50.8 Å². The smallest absolute Gasteiger partial charge is 0.234 e. The molecule has 26 heavy (non-hydrogen) atoms. The number of methoxy groups -OCH3 is 2. The third kappa shape index (κ3) is 3.76. The van der Waals surface area contributed by atoms with Crippen molar-refractivity contribution in [1.29, 1.82) is 0 Å². The second-order valence-electron chi connectivity index (χ2n) is 6.14. The van der Waals surface area contributed by atoms with Crippen molar-refractivity contribution in [2.75, 3.05) is 33.9 Å². The van der Waals surface area contributed by atoms with Crippen molar-refractivity contribution < 1.29 is 14.3 Å². The van der Waals surface area contributed by atoms with Gasteiger partial charge in [0.05, 0.1) is 26.8 Å². The Hall–Kier alpha value is -2.31. The zero-order valence-electron chi connectivity index (χ0n) is 15.2. The number of nitrogens with one attached hydrogen (secondary N) is 1. The Balaban J connectivity index is 1.97. The van der Waals surface area contributed by atoms with Gasteiger partial charge in [-0.3, -0.25) is 9.69 Å². The van der Waals surface area contributed by atoms with Crippen molar-refractivity contribution >= 4 is 17.2 Å². The molecule has 0 radical (unpaired) electrons. The normalized spacial score (nSPS) is 16.6. The number of amides is 1. The molecular formula is C20H24N2O3S. The number of thiophene rings is 1. The minimum Gasteiger partial charge on any atom is -0.493 e. The fourth-order valence-corrected chi connectivity index (χ4v) is 4.25. The fourth-order valence-electron chi connectivity index (χ4n) is 3.37. The molecule has 1 amide bonds. The van der Waals surface area contributed by atoms with Crippen LogP contribution in [-0.2, 0) is 11.2 Å². The van der Waals surface area contributed by atoms with Gasteiger partial charge in [-0.2, -0.15) is 0 Å². The standard InChI is InChI=1S/C20H24N2O3S/c1-4-8-21-19(23)13-22-9-7-14-11-16(24-2)17(25-3)12-15(14)20(22)18-6-5-10-26-18/h4-6,10-12,20H,1,7-9,13H2,2-3H3,(H,21,23). The lowest BCUT2D eigenvalue weighted by molar-refractivity contribution is -0.122. The Labute approximate surface area is 158 Å². The minimum atomic E-state index is 0.00961. The van der Waals surface area contributed by atoms with E-state index in [1.165, 1.54) is 16.0 Å². The molecule has 0 saturated carbocycles. The van der Waals surface area contributed by atoms with Gasteiger partial charge in [-0.1, -0.05) is 12.1 Å². The van der Waals surface area contributed by atoms with Crippen molar-refractivity contribution in [3.63, 3.8) is 0 Å². The zero-order chi connectivity index (χ0) is 18.5. The zero-order valence-corrected chi connectivity index (χ0v) is 16.0. The fraction of sp³-hybridized carbons (Fsp3) is 0.350. The summed E-state index contributed by atoms with van der Waals surface area (Å²) >= 11 is 1.70. The number of benzene rings is 1. The highest BCUT2D eigenvalue weighted by molar-refractivity contribution is 7.10. The minimum absolute atomic E-state index is 0.00961. The summed E-state index contributed by atoms with van der Waals surface area (Å²) in [6, 6.07) is 8.31. The van der Waals surface area contributed by atoms with E-state index in [1.54, 1.807) is 31.6 Å². The largest absolute Gasteiger partial charge is 0.493 e. The van der Waals surface area contributed by atoms with E-state index < -0.39 is 0 Å². The Morgan fingerprint density at radius 2 is 2.15 bits per heavy atom. The van der Waals surface area contributed by atoms with E-state index in [-0.39, 0.29) is 11.9 Å². The monoisotopic (exact) mass is 372 g/mol. The van der Waals surface area contributed by atoms with Gasteiger partial charge in [-0.05, 0) is 41.1 Å². The Bertz CT molecular complexity index is 774. The maximum absolute atomic E-state index is 12.3. The molecule has 1 aromatic heterocycles. The van der Waals surface area contributed by atoms with Crippen LogP contribution in [0.15, 0.2) is 42.3 Å². The van der Waals surface area contributed by atoms with Crippen LogP contribution < -0.4 is 14.8 Å². The summed E-state index contributed by atoms with van der Waals surface area (Å²) in [5, 5.41) is 4.94. The van der Waals surface area contributed by atoms with Gasteiger partial charge in [-0.25, -0.2) is 0 Å². The molecule has 3 rings (SSSR count). The Morgan fingerprint density at radius 3 is 2.81 bits per heavy atom. The van der Waals surface area contributed by atoms with Gasteiger partial charge in [0.1, 0.15) is 0 Å². The first kappa shape index (κ1) is 18.5. The van der Waals surface area contributed by atoms with E-state index in [2.05, 4.69) is 34.3 Å². The molecule has 1 atom stereocenters. The van der Waals surface area contributed by atoms with Gasteiger partial charge in [0.15, 0.2) is 11.5 Å². The molecule has 1 aromatic carbocycles. The average Bonchev–Trinajstić information content (AvgIpc) is 3.19. The summed E-state index contributed by atoms with van der Waals surface area (Å²) in [6.07, 6.45) is 2.56. The molecule has 0 saturated heterocycles. The first-order valence-corrected chi connectivity index (χ1v) is 9.45. The summed E-state index contributed by atoms with van der Waals surface area (Å²) < 4.78 is 11.0. The Morgan fingerprint density at radius 1 is 1.38 bits per heavy atom. The van der Waals surface area contributed by atoms with Gasteiger partial charge in [0.25, 0.3) is 0 Å². The third-order valence-corrected chi connectivity index (χ3v) is 5.50. The number of fused-ring (bicyclic) bond motifs is 1. The van der Waals surface area contributed by atoms with Crippen molar-refractivity contribution in [3.8, 4) is 11.5 Å². The van der Waals surface area contributed by atoms with Crippen LogP contribution in [0.25, 0.3) is 0 Å². The lowest BCUT2D eigenvalue weighted by Crippen LogP contribution is -2.42. The van der Waals surface area contributed by atoms with E-state index in [1.807, 2.05) is 12.1 Å². The van der Waals surface area contributed by atoms with E-state index in [4.69, 9.17) is 9.47 Å². The molecule has 6 heteroatoms. The maximum Gasteiger partial charge on any atom is 0.234 e. The SMILES string of the molecule is C=CCNC(=O)CN1CCc2cc(OC)c(OC)cc2C1c1cccs1. The predicted molar refractivity (Wildman–Crippen MR) is 104 cm³/mol. The van der Waals surface area contributed by atoms with Crippen LogP contribution in [0.2, 0.25) is 0 Å². The van der Waals surface area contributed by atoms with Crippen LogP contribution in [0.1, 0.15) is 22.0 Å². The molecule has 2 heterocycles. The van der Waals surface area contributed by atoms with E-state index in [0.717, 1.165) is 18.7 Å². The lowest BCUT2D eigenvalue weighted by Gasteiger charge is -2.36. The first-order chi connectivity index (χ1) is 12.7. The van der Waals surface area contributed by atoms with Crippen LogP contribution in [0.4, 0.5) is 0 Å². The highest BCUT2D eigenvalue weighted by Gasteiger charge is 2.32. The summed E-state index contributed by atoms with van der Waals surface area (Å²) in [5.41, 5.74) is 2.41. The highest BCUT2D eigenvalue weighted by Crippen LogP contribution is 2.41. The van der Waals surface area contributed by atoms with Gasteiger partial charge < -0.3 is 14.8 Å². The number of hydrogen-bond acceptors (Lipinski definition) is 5. The lowest BCUT2D eigenvalue weighted by atomic mass is 9.91. The van der Waals surface area contributed by atoms with Crippen LogP contribution >= 0.6 is 11.3 Å². The van der Waals surface area contributed by atoms with Crippen LogP contribution in [-0.4, -0.2) is 44.7 Å². The first-order valence-electron chi connectivity index (χ1n) is 8.57. The molecule has 0 aliphatic carbocycles. The van der Waals surface area contributed by atoms with Crippen LogP contribution in [0.3, 0.4) is 0 Å². The molecule has 1 aliphatic rings. The number of hydrogen-bond donors (Lipinski definition) is 1. The third-order valence-electron chi connectivity index (χ3n) is 4.58. The van der Waals surface area contributed by atoms with Gasteiger partial charge in [-0.15, -0.1) is 17.9 Å². The molecule has 1 unspecified atom stereocenters. The van der Waals surface area contributed by atoms with E-state index in [9.17, 15) is 4.79 Å². The van der Waals surface area contributed by atoms with Crippen molar-refractivity contribution in [3.05, 3.63) is 58.3 Å². The number of carbonyl (C=O) groups excluding carboxylic acids is 1. The number of ether oxygens (including phenoxy) is 2. The van der Waals surface area contributed by atoms with Crippen LogP contribution in [0, 0.1) is 0 Å². The summed E-state index contributed by atoms with van der Waals surface area (Å²) in [5.74, 6) is 1.47. The number of carbonyl (C=O) groups is 1. The highest BCUT2D eigenvalue weighted by atomic mass is 32.1. The maximum atomic E-state index is 12.3. The molecule has 2 aromatic rings. The van der Waals surface area contributed by atoms with Gasteiger partial charge >= 0.3 is 0 Å². The summed E-state index contributed by atoms with van der Waals surface area (Å²) in [7, 11) is 3.30. The second-order valence-corrected chi connectivity index (χ2v) is 7.12. The summed E-state index contributed by atoms with van der Waals surface area (Å²) in [4.78, 5) is 15.7. The average molecular weight is 372 g/mol. The van der Waals surface area contributed by atoms with Crippen LogP contribution in [0.5, 0.6) is 11.5 Å². The molecule has 0 bridgehead atoms. The molecule has 1 aliphatic heterocycles. The predicted octanol–water partition coefficient (Wildman–Crippen LogP) is 3.02. The quantitative estimate of drug-likeness (QED) is 0.759. The molecular weight excluding hydrogens is 348 g/mol. The number of rotatable bonds is 7. The molecule has 138 valence electrons. The number of nitrogens with zero attached hydrogens (tertiary/aromatic N) is 1. The molecule has 0 spiro atoms. The van der Waals surface area contributed by atoms with E-state index in [0.29, 0.717) is 18.8 Å². The van der Waals surface area contributed by atoms with Gasteiger partial charge in [0, 0.05) is 18.0 Å². The summed E-state index contributed by atoms with van der Waals surface area (Å²) in [6.45, 7) is 5.30. The van der Waals surface area contributed by atoms with Crippen molar-refractivity contribution in [2.45, 2.75) is 12.5 Å². The second kappa shape index (κ2) is 8.38. The molecule has 0 fully saturated rings. The van der Waals surface area contributed by atoms with E-state index >= 15 is 0 Å². The molecule has 1 N–H and O–H groups in total. The Kier molecular flexibility index (Phi) is 5.96. The van der Waals surface area contributed by atoms with Crippen molar-refractivity contribution in [2.24, 2.45) is 0 Å². The van der Waals surface area contributed by atoms with Gasteiger partial charge in [0.2, 0.25) is 5.91 Å². The molecule has 5 nitrogen and oxygen atoms in total. The van der Waals surface area contributed by atoms with Crippen molar-refractivity contribution in [1.82, 2.24) is 10.2 Å².